The smallest absolute Gasteiger partial charge is 0.328 e. The Bertz CT molecular complexity index is 544. The highest BCUT2D eigenvalue weighted by molar-refractivity contribution is 5.95. The highest BCUT2D eigenvalue weighted by atomic mass is 16.5. The first-order chi connectivity index (χ1) is 8.06. The molecule has 1 unspecified atom stereocenters. The van der Waals surface area contributed by atoms with Crippen LogP contribution >= 0.6 is 0 Å². The molecule has 1 aliphatic heterocycles. The molecule has 0 spiro atoms. The number of hydrogen-bond donors (Lipinski definition) is 0. The highest BCUT2D eigenvalue weighted by Gasteiger charge is 2.31. The number of carbonyl (C=O) groups is 2. The molecule has 2 rings (SSSR count). The van der Waals surface area contributed by atoms with Crippen molar-refractivity contribution in [3.05, 3.63) is 33.7 Å². The zero-order chi connectivity index (χ0) is 12.6. The van der Waals surface area contributed by atoms with Crippen LogP contribution in [0.2, 0.25) is 0 Å². The second-order valence-corrected chi connectivity index (χ2v) is 4.04. The van der Waals surface area contributed by atoms with E-state index in [0.717, 1.165) is 0 Å². The van der Waals surface area contributed by atoms with Gasteiger partial charge in [-0.3, -0.25) is 14.2 Å². The SMILES string of the molecule is COC(=O)C1CCc2c(C(C)=O)ccc(=O)n21. The number of ketones is 1. The first-order valence-corrected chi connectivity index (χ1v) is 5.39. The molecule has 2 heterocycles. The maximum Gasteiger partial charge on any atom is 0.328 e. The van der Waals surface area contributed by atoms with Crippen molar-refractivity contribution >= 4 is 11.8 Å². The van der Waals surface area contributed by atoms with Crippen LogP contribution in [0.1, 0.15) is 35.4 Å². The summed E-state index contributed by atoms with van der Waals surface area (Å²) in [6.07, 6.45) is 1.05. The Morgan fingerprint density at radius 3 is 2.71 bits per heavy atom. The molecule has 5 nitrogen and oxygen atoms in total. The van der Waals surface area contributed by atoms with Crippen LogP contribution in [-0.4, -0.2) is 23.4 Å². The van der Waals surface area contributed by atoms with Crippen molar-refractivity contribution in [2.45, 2.75) is 25.8 Å². The summed E-state index contributed by atoms with van der Waals surface area (Å²) in [6, 6.07) is 2.25. The predicted molar refractivity (Wildman–Crippen MR) is 60.1 cm³/mol. The molecular weight excluding hydrogens is 222 g/mol. The quantitative estimate of drug-likeness (QED) is 0.559. The number of hydrogen-bond acceptors (Lipinski definition) is 4. The summed E-state index contributed by atoms with van der Waals surface area (Å²) in [5, 5.41) is 0. The molecule has 0 amide bonds. The zero-order valence-electron chi connectivity index (χ0n) is 9.73. The minimum absolute atomic E-state index is 0.0979. The van der Waals surface area contributed by atoms with E-state index < -0.39 is 12.0 Å². The van der Waals surface area contributed by atoms with Gasteiger partial charge in [-0.1, -0.05) is 0 Å². The van der Waals surface area contributed by atoms with Crippen LogP contribution < -0.4 is 5.56 Å². The molecule has 0 aliphatic carbocycles. The fourth-order valence-electron chi connectivity index (χ4n) is 2.27. The second-order valence-electron chi connectivity index (χ2n) is 4.04. The summed E-state index contributed by atoms with van der Waals surface area (Å²) in [6.45, 7) is 1.45. The normalized spacial score (nSPS) is 17.6. The van der Waals surface area contributed by atoms with Crippen LogP contribution in [-0.2, 0) is 16.0 Å². The highest BCUT2D eigenvalue weighted by Crippen LogP contribution is 2.27. The van der Waals surface area contributed by atoms with Crippen LogP contribution in [0.3, 0.4) is 0 Å². The molecule has 90 valence electrons. The summed E-state index contributed by atoms with van der Waals surface area (Å²) in [5.74, 6) is -0.536. The molecule has 1 aromatic heterocycles. The molecule has 1 aliphatic rings. The van der Waals surface area contributed by atoms with Crippen LogP contribution in [0.4, 0.5) is 0 Å². The maximum absolute atomic E-state index is 11.8. The summed E-state index contributed by atoms with van der Waals surface area (Å²) < 4.78 is 6.04. The van der Waals surface area contributed by atoms with Gasteiger partial charge in [0.15, 0.2) is 5.78 Å². The molecule has 0 saturated carbocycles. The van der Waals surface area contributed by atoms with Gasteiger partial charge < -0.3 is 4.74 Å². The summed E-state index contributed by atoms with van der Waals surface area (Å²) >= 11 is 0. The van der Waals surface area contributed by atoms with Gasteiger partial charge in [0.1, 0.15) is 6.04 Å². The lowest BCUT2D eigenvalue weighted by Gasteiger charge is -2.13. The Hall–Kier alpha value is -1.91. The molecule has 1 aromatic rings. The lowest BCUT2D eigenvalue weighted by atomic mass is 10.1. The minimum Gasteiger partial charge on any atom is -0.467 e. The van der Waals surface area contributed by atoms with Crippen molar-refractivity contribution in [3.63, 3.8) is 0 Å². The predicted octanol–water partition coefficient (Wildman–Crippen LogP) is 0.711. The molecular formula is C12H13NO4. The molecule has 0 fully saturated rings. The van der Waals surface area contributed by atoms with E-state index in [-0.39, 0.29) is 11.3 Å². The molecule has 1 atom stereocenters. The van der Waals surface area contributed by atoms with Crippen molar-refractivity contribution < 1.29 is 14.3 Å². The van der Waals surface area contributed by atoms with Gasteiger partial charge in [-0.05, 0) is 25.8 Å². The van der Waals surface area contributed by atoms with E-state index in [1.165, 1.54) is 30.7 Å². The molecule has 17 heavy (non-hydrogen) atoms. The van der Waals surface area contributed by atoms with Gasteiger partial charge in [0.05, 0.1) is 7.11 Å². The zero-order valence-corrected chi connectivity index (χ0v) is 9.73. The van der Waals surface area contributed by atoms with Gasteiger partial charge in [0.2, 0.25) is 0 Å². The van der Waals surface area contributed by atoms with Gasteiger partial charge in [0, 0.05) is 17.3 Å². The Morgan fingerprint density at radius 2 is 2.12 bits per heavy atom. The lowest BCUT2D eigenvalue weighted by Crippen LogP contribution is -2.28. The van der Waals surface area contributed by atoms with Gasteiger partial charge in [-0.15, -0.1) is 0 Å². The van der Waals surface area contributed by atoms with Crippen LogP contribution in [0, 0.1) is 0 Å². The average Bonchev–Trinajstić information content (AvgIpc) is 2.73. The Morgan fingerprint density at radius 1 is 1.41 bits per heavy atom. The van der Waals surface area contributed by atoms with E-state index >= 15 is 0 Å². The maximum atomic E-state index is 11.8. The van der Waals surface area contributed by atoms with E-state index in [4.69, 9.17) is 0 Å². The molecule has 0 bridgehead atoms. The molecule has 0 N–H and O–H groups in total. The third kappa shape index (κ3) is 1.77. The van der Waals surface area contributed by atoms with E-state index in [1.807, 2.05) is 0 Å². The van der Waals surface area contributed by atoms with Crippen molar-refractivity contribution in [2.24, 2.45) is 0 Å². The molecule has 0 aromatic carbocycles. The van der Waals surface area contributed by atoms with Gasteiger partial charge in [-0.25, -0.2) is 4.79 Å². The van der Waals surface area contributed by atoms with Gasteiger partial charge in [-0.2, -0.15) is 0 Å². The van der Waals surface area contributed by atoms with Crippen molar-refractivity contribution in [1.29, 1.82) is 0 Å². The second kappa shape index (κ2) is 4.16. The topological polar surface area (TPSA) is 65.4 Å². The fraction of sp³-hybridized carbons (Fsp3) is 0.417. The van der Waals surface area contributed by atoms with E-state index in [9.17, 15) is 14.4 Å². The van der Waals surface area contributed by atoms with Crippen LogP contribution in [0.25, 0.3) is 0 Å². The number of nitrogens with zero attached hydrogens (tertiary/aromatic N) is 1. The van der Waals surface area contributed by atoms with Crippen molar-refractivity contribution in [3.8, 4) is 0 Å². The van der Waals surface area contributed by atoms with E-state index in [1.54, 1.807) is 0 Å². The number of carbonyl (C=O) groups excluding carboxylic acids is 2. The van der Waals surface area contributed by atoms with Crippen LogP contribution in [0.5, 0.6) is 0 Å². The Kier molecular flexibility index (Phi) is 2.83. The summed E-state index contributed by atoms with van der Waals surface area (Å²) in [4.78, 5) is 34.7. The number of methoxy groups -OCH3 is 1. The molecule has 0 radical (unpaired) electrons. The molecule has 0 saturated heterocycles. The average molecular weight is 235 g/mol. The van der Waals surface area contributed by atoms with Crippen molar-refractivity contribution in [2.75, 3.05) is 7.11 Å². The lowest BCUT2D eigenvalue weighted by molar-refractivity contribution is -0.144. The number of esters is 1. The minimum atomic E-state index is -0.596. The largest absolute Gasteiger partial charge is 0.467 e. The Labute approximate surface area is 98.0 Å². The number of Topliss-reactive ketones (excluding diaryl/α,β-unsaturated/α-hetero) is 1. The van der Waals surface area contributed by atoms with E-state index in [0.29, 0.717) is 24.1 Å². The number of rotatable bonds is 2. The number of pyridine rings is 1. The summed E-state index contributed by atoms with van der Waals surface area (Å²) in [5.41, 5.74) is 0.884. The summed E-state index contributed by atoms with van der Waals surface area (Å²) in [7, 11) is 1.29. The van der Waals surface area contributed by atoms with E-state index in [2.05, 4.69) is 4.74 Å². The Balaban J connectivity index is 2.60. The van der Waals surface area contributed by atoms with Gasteiger partial charge >= 0.3 is 5.97 Å². The first-order valence-electron chi connectivity index (χ1n) is 5.39. The third-order valence-corrected chi connectivity index (χ3v) is 3.05. The number of fused-ring (bicyclic) bond motifs is 1. The van der Waals surface area contributed by atoms with Gasteiger partial charge in [0.25, 0.3) is 5.56 Å². The number of aromatic nitrogens is 1. The standard InChI is InChI=1S/C12H13NO4/c1-7(14)8-3-6-11(15)13-9(8)4-5-10(13)12(16)17-2/h3,6,10H,4-5H2,1-2H3. The molecule has 5 heteroatoms. The van der Waals surface area contributed by atoms with Crippen LogP contribution in [0.15, 0.2) is 16.9 Å². The first kappa shape index (κ1) is 11.6. The third-order valence-electron chi connectivity index (χ3n) is 3.05. The number of ether oxygens (including phenoxy) is 1. The van der Waals surface area contributed by atoms with Crippen molar-refractivity contribution in [1.82, 2.24) is 4.57 Å². The fourth-order valence-corrected chi connectivity index (χ4v) is 2.27. The monoisotopic (exact) mass is 235 g/mol.